The van der Waals surface area contributed by atoms with Gasteiger partial charge in [-0.05, 0) is 35.7 Å². The Hall–Kier alpha value is -2.52. The Balaban J connectivity index is 1.71. The zero-order chi connectivity index (χ0) is 22.1. The van der Waals surface area contributed by atoms with Crippen LogP contribution in [-0.4, -0.2) is 47.6 Å². The lowest BCUT2D eigenvalue weighted by Gasteiger charge is -2.25. The van der Waals surface area contributed by atoms with Crippen molar-refractivity contribution in [3.8, 4) is 11.1 Å². The van der Waals surface area contributed by atoms with Crippen LogP contribution in [0.4, 0.5) is 0 Å². The van der Waals surface area contributed by atoms with Crippen molar-refractivity contribution in [3.63, 3.8) is 0 Å². The predicted molar refractivity (Wildman–Crippen MR) is 117 cm³/mol. The molecule has 9 heteroatoms. The summed E-state index contributed by atoms with van der Waals surface area (Å²) < 4.78 is 33.9. The molecule has 1 unspecified atom stereocenters. The number of nitrogens with zero attached hydrogens (tertiary/aromatic N) is 1. The largest absolute Gasteiger partial charge is 0.392 e. The lowest BCUT2D eigenvalue weighted by atomic mass is 9.96. The summed E-state index contributed by atoms with van der Waals surface area (Å²) in [5.74, 6) is -0.899. The first-order valence-electron chi connectivity index (χ1n) is 9.28. The highest BCUT2D eigenvalue weighted by Crippen LogP contribution is 2.29. The Morgan fingerprint density at radius 1 is 1.13 bits per heavy atom. The fraction of sp³-hybridized carbons (Fsp3) is 0.333. The molecule has 3 atom stereocenters. The summed E-state index contributed by atoms with van der Waals surface area (Å²) in [5, 5.41) is 4.08. The molecule has 0 bridgehead atoms. The molecule has 1 aliphatic rings. The molecule has 0 fully saturated rings. The van der Waals surface area contributed by atoms with Crippen LogP contribution in [0.2, 0.25) is 0 Å². The van der Waals surface area contributed by atoms with Crippen LogP contribution in [-0.2, 0) is 30.3 Å². The van der Waals surface area contributed by atoms with Gasteiger partial charge in [-0.2, -0.15) is 0 Å². The van der Waals surface area contributed by atoms with Crippen molar-refractivity contribution in [2.75, 3.05) is 12.5 Å². The molecule has 0 saturated heterocycles. The summed E-state index contributed by atoms with van der Waals surface area (Å²) in [7, 11) is -4.72. The smallest absolute Gasteiger partial charge is 0.238 e. The Morgan fingerprint density at radius 3 is 2.10 bits per heavy atom. The summed E-state index contributed by atoms with van der Waals surface area (Å²) >= 11 is 0. The molecule has 2 aromatic carbocycles. The second-order valence-corrected chi connectivity index (χ2v) is 11.4. The molecular weight excluding hydrogens is 424 g/mol. The number of primary amides is 1. The van der Waals surface area contributed by atoms with Gasteiger partial charge in [-0.1, -0.05) is 41.6 Å². The number of rotatable bonds is 7. The zero-order valence-corrected chi connectivity index (χ0v) is 18.6. The number of sulfone groups is 1. The average Bonchev–Trinajstić information content (AvgIpc) is 3.15. The molecular formula is C21H24N2O5S2. The minimum absolute atomic E-state index is 0.0581. The molecule has 1 aliphatic heterocycles. The molecule has 0 saturated carbocycles. The molecule has 1 amide bonds. The quantitative estimate of drug-likeness (QED) is 0.697. The van der Waals surface area contributed by atoms with E-state index in [0.29, 0.717) is 12.1 Å². The molecule has 2 N–H and O–H groups in total. The molecule has 0 radical (unpaired) electrons. The van der Waals surface area contributed by atoms with E-state index >= 15 is 0 Å². The zero-order valence-electron chi connectivity index (χ0n) is 17.0. The third-order valence-electron chi connectivity index (χ3n) is 5.43. The minimum atomic E-state index is -3.70. The van der Waals surface area contributed by atoms with Gasteiger partial charge in [0.05, 0.1) is 5.71 Å². The van der Waals surface area contributed by atoms with Gasteiger partial charge in [0.2, 0.25) is 5.91 Å². The second kappa shape index (κ2) is 8.31. The number of carbonyl (C=O) groups is 1. The van der Waals surface area contributed by atoms with Gasteiger partial charge in [0, 0.05) is 41.0 Å². The number of oxime groups is 1. The Morgan fingerprint density at radius 2 is 1.63 bits per heavy atom. The number of nitrogens with two attached hydrogens (primary N) is 1. The van der Waals surface area contributed by atoms with Crippen LogP contribution in [0, 0.1) is 0 Å². The highest BCUT2D eigenvalue weighted by Gasteiger charge is 2.45. The van der Waals surface area contributed by atoms with E-state index in [-0.39, 0.29) is 6.42 Å². The minimum Gasteiger partial charge on any atom is -0.392 e. The summed E-state index contributed by atoms with van der Waals surface area (Å²) in [6.07, 6.45) is 2.42. The van der Waals surface area contributed by atoms with E-state index < -0.39 is 37.4 Å². The van der Waals surface area contributed by atoms with E-state index in [1.165, 1.54) is 6.92 Å². The highest BCUT2D eigenvalue weighted by molar-refractivity contribution is 7.92. The Kier molecular flexibility index (Phi) is 6.14. The summed E-state index contributed by atoms with van der Waals surface area (Å²) in [5.41, 5.74) is 8.89. The third-order valence-corrected chi connectivity index (χ3v) is 8.37. The number of hydrogen-bond acceptors (Lipinski definition) is 6. The SMILES string of the molecule is CS(=O)c1ccc(-c2ccc(C3=NO[C@@H](C[C@](C)(C(N)=O)S(C)(=O)=O)C3)cc2)cc1. The van der Waals surface area contributed by atoms with Crippen LogP contribution in [0.15, 0.2) is 58.6 Å². The average molecular weight is 449 g/mol. The van der Waals surface area contributed by atoms with Crippen molar-refractivity contribution < 1.29 is 22.3 Å². The first-order valence-corrected chi connectivity index (χ1v) is 12.7. The van der Waals surface area contributed by atoms with Crippen molar-refractivity contribution >= 4 is 32.3 Å². The number of benzene rings is 2. The lowest BCUT2D eigenvalue weighted by Crippen LogP contribution is -2.49. The van der Waals surface area contributed by atoms with Gasteiger partial charge in [-0.15, -0.1) is 0 Å². The highest BCUT2D eigenvalue weighted by atomic mass is 32.2. The van der Waals surface area contributed by atoms with E-state index in [2.05, 4.69) is 5.16 Å². The van der Waals surface area contributed by atoms with Crippen molar-refractivity contribution in [3.05, 3.63) is 54.1 Å². The second-order valence-electron chi connectivity index (χ2n) is 7.60. The molecule has 0 aliphatic carbocycles. The first-order chi connectivity index (χ1) is 14.0. The van der Waals surface area contributed by atoms with Gasteiger partial charge < -0.3 is 10.6 Å². The molecule has 0 spiro atoms. The maximum atomic E-state index is 12.1. The van der Waals surface area contributed by atoms with E-state index in [1.54, 1.807) is 6.26 Å². The van der Waals surface area contributed by atoms with Crippen molar-refractivity contribution in [1.82, 2.24) is 0 Å². The maximum Gasteiger partial charge on any atom is 0.238 e. The van der Waals surface area contributed by atoms with Gasteiger partial charge in [-0.3, -0.25) is 9.00 Å². The van der Waals surface area contributed by atoms with Crippen molar-refractivity contribution in [2.24, 2.45) is 10.9 Å². The van der Waals surface area contributed by atoms with E-state index in [9.17, 15) is 17.4 Å². The summed E-state index contributed by atoms with van der Waals surface area (Å²) in [6, 6.07) is 15.3. The van der Waals surface area contributed by atoms with Crippen molar-refractivity contribution in [2.45, 2.75) is 35.5 Å². The number of carbonyl (C=O) groups excluding carboxylic acids is 1. The summed E-state index contributed by atoms with van der Waals surface area (Å²) in [4.78, 5) is 17.9. The fourth-order valence-corrected chi connectivity index (χ4v) is 4.65. The van der Waals surface area contributed by atoms with E-state index in [0.717, 1.165) is 27.8 Å². The van der Waals surface area contributed by atoms with Crippen LogP contribution in [0.25, 0.3) is 11.1 Å². The van der Waals surface area contributed by atoms with Gasteiger partial charge in [0.25, 0.3) is 0 Å². The summed E-state index contributed by atoms with van der Waals surface area (Å²) in [6.45, 7) is 1.32. The van der Waals surface area contributed by atoms with Crippen LogP contribution in [0.3, 0.4) is 0 Å². The molecule has 160 valence electrons. The van der Waals surface area contributed by atoms with Crippen LogP contribution >= 0.6 is 0 Å². The lowest BCUT2D eigenvalue weighted by molar-refractivity contribution is -0.121. The number of amides is 1. The molecule has 30 heavy (non-hydrogen) atoms. The molecule has 0 aromatic heterocycles. The maximum absolute atomic E-state index is 12.1. The predicted octanol–water partition coefficient (Wildman–Crippen LogP) is 2.26. The Labute approximate surface area is 178 Å². The first kappa shape index (κ1) is 22.2. The van der Waals surface area contributed by atoms with Gasteiger partial charge >= 0.3 is 0 Å². The number of hydrogen-bond donors (Lipinski definition) is 1. The fourth-order valence-electron chi connectivity index (χ4n) is 3.27. The molecule has 2 aromatic rings. The monoisotopic (exact) mass is 448 g/mol. The van der Waals surface area contributed by atoms with Crippen molar-refractivity contribution in [1.29, 1.82) is 0 Å². The van der Waals surface area contributed by atoms with Crippen LogP contribution < -0.4 is 5.73 Å². The molecule has 7 nitrogen and oxygen atoms in total. The molecule has 1 heterocycles. The topological polar surface area (TPSA) is 116 Å². The van der Waals surface area contributed by atoms with Gasteiger partial charge in [0.1, 0.15) is 6.10 Å². The Bertz CT molecular complexity index is 1110. The normalized spacial score (nSPS) is 19.4. The van der Waals surface area contributed by atoms with E-state index in [1.807, 2.05) is 48.5 Å². The van der Waals surface area contributed by atoms with E-state index in [4.69, 9.17) is 10.6 Å². The van der Waals surface area contributed by atoms with Crippen LogP contribution in [0.5, 0.6) is 0 Å². The standard InChI is InChI=1S/C21H24N2O5S2/c1-21(20(22)24,30(3,26)27)13-17-12-19(23-28-17)16-6-4-14(5-7-16)15-8-10-18(11-9-15)29(2)25/h4-11,17H,12-13H2,1-3H3,(H2,22,24)/t17-,21-,29?/m1/s1. The molecule has 3 rings (SSSR count). The van der Waals surface area contributed by atoms with Crippen LogP contribution in [0.1, 0.15) is 25.3 Å². The van der Waals surface area contributed by atoms with Gasteiger partial charge in [0.15, 0.2) is 14.6 Å². The third kappa shape index (κ3) is 4.46. The van der Waals surface area contributed by atoms with Gasteiger partial charge in [-0.25, -0.2) is 8.42 Å².